The van der Waals surface area contributed by atoms with Crippen LogP contribution in [0.25, 0.3) is 0 Å². The highest BCUT2D eigenvalue weighted by Gasteiger charge is 2.27. The lowest BCUT2D eigenvalue weighted by atomic mass is 10.00. The molecule has 10 heteroatoms. The summed E-state index contributed by atoms with van der Waals surface area (Å²) in [6, 6.07) is 12.3. The zero-order chi connectivity index (χ0) is 25.0. The van der Waals surface area contributed by atoms with Gasteiger partial charge in [-0.3, -0.25) is 4.31 Å². The van der Waals surface area contributed by atoms with Gasteiger partial charge in [-0.1, -0.05) is 19.1 Å². The molecule has 2 N–H and O–H groups in total. The number of benzene rings is 1. The Morgan fingerprint density at radius 3 is 2.37 bits per heavy atom. The first-order valence-corrected chi connectivity index (χ1v) is 14.6. The Bertz CT molecular complexity index is 1260. The van der Waals surface area contributed by atoms with Crippen molar-refractivity contribution in [3.63, 3.8) is 0 Å². The number of rotatable bonds is 6. The number of pyridine rings is 1. The third-order valence-electron chi connectivity index (χ3n) is 6.61. The molecule has 0 spiro atoms. The minimum Gasteiger partial charge on any atom is -0.355 e. The van der Waals surface area contributed by atoms with E-state index in [0.29, 0.717) is 52.8 Å². The van der Waals surface area contributed by atoms with Gasteiger partial charge in [-0.25, -0.2) is 13.4 Å². The molecule has 0 bridgehead atoms. The average molecular weight is 511 g/mol. The zero-order valence-corrected chi connectivity index (χ0v) is 21.5. The first-order valence-electron chi connectivity index (χ1n) is 12.0. The number of aromatic nitrogens is 1. The van der Waals surface area contributed by atoms with Crippen molar-refractivity contribution >= 4 is 33.3 Å². The van der Waals surface area contributed by atoms with E-state index in [1.54, 1.807) is 0 Å². The number of piperidine rings is 1. The molecule has 184 valence electrons. The number of nitrogens with zero attached hydrogens (tertiary/aromatic N) is 5. The quantitative estimate of drug-likeness (QED) is 0.585. The van der Waals surface area contributed by atoms with E-state index in [9.17, 15) is 18.9 Å². The Kier molecular flexibility index (Phi) is 7.85. The van der Waals surface area contributed by atoms with Crippen molar-refractivity contribution < 1.29 is 8.42 Å². The highest BCUT2D eigenvalue weighted by Crippen LogP contribution is 2.34. The van der Waals surface area contributed by atoms with Crippen LogP contribution in [-0.4, -0.2) is 44.8 Å². The Hall–Kier alpha value is -2.79. The van der Waals surface area contributed by atoms with Crippen molar-refractivity contribution in [2.75, 3.05) is 34.6 Å². The second kappa shape index (κ2) is 10.9. The molecule has 0 amide bonds. The minimum atomic E-state index is -3.24. The maximum Gasteiger partial charge on any atom is 0.235 e. The van der Waals surface area contributed by atoms with E-state index in [-0.39, 0.29) is 11.8 Å². The molecule has 3 heterocycles. The number of thioether (sulfide) groups is 1. The molecule has 0 radical (unpaired) electrons. The molecule has 2 aliphatic heterocycles. The fourth-order valence-electron chi connectivity index (χ4n) is 4.62. The largest absolute Gasteiger partial charge is 0.355 e. The van der Waals surface area contributed by atoms with Gasteiger partial charge in [0.1, 0.15) is 23.0 Å². The van der Waals surface area contributed by atoms with Gasteiger partial charge in [0.15, 0.2) is 0 Å². The summed E-state index contributed by atoms with van der Waals surface area (Å²) in [6.45, 7) is 3.95. The summed E-state index contributed by atoms with van der Waals surface area (Å²) in [5, 5.41) is 20.4. The molecule has 0 aliphatic carbocycles. The van der Waals surface area contributed by atoms with E-state index in [0.717, 1.165) is 43.5 Å². The molecule has 0 atom stereocenters. The summed E-state index contributed by atoms with van der Waals surface area (Å²) in [7, 11) is -3.24. The topological polar surface area (TPSA) is 127 Å². The summed E-state index contributed by atoms with van der Waals surface area (Å²) in [5.41, 5.74) is 9.44. The SMILES string of the molecule is CCc1c(C#N)c(SCc2ccc(N3CCCCS3(=O)=O)cc2)nc(N2CCC(N)CC2)c1C#N. The molecule has 2 aromatic rings. The monoisotopic (exact) mass is 510 g/mol. The number of nitriles is 2. The van der Waals surface area contributed by atoms with E-state index in [2.05, 4.69) is 17.0 Å². The van der Waals surface area contributed by atoms with Crippen LogP contribution in [0, 0.1) is 22.7 Å². The molecule has 8 nitrogen and oxygen atoms in total. The normalized spacial score (nSPS) is 18.2. The van der Waals surface area contributed by atoms with Gasteiger partial charge in [0, 0.05) is 31.4 Å². The fraction of sp³-hybridized carbons (Fsp3) is 0.480. The second-order valence-corrected chi connectivity index (χ2v) is 11.9. The molecule has 0 unspecified atom stereocenters. The summed E-state index contributed by atoms with van der Waals surface area (Å²) < 4.78 is 26.3. The van der Waals surface area contributed by atoms with Crippen LogP contribution in [0.1, 0.15) is 54.9 Å². The molecule has 1 aromatic heterocycles. The standard InChI is InChI=1S/C25H30N6O2S2/c1-2-21-22(15-26)24(30-12-9-19(28)10-13-30)29-25(23(21)16-27)34-17-18-5-7-20(8-6-18)31-11-3-4-14-35(31,32)33/h5-8,19H,2-4,9-14,17,28H2,1H3. The molecule has 2 aliphatic rings. The third kappa shape index (κ3) is 5.40. The summed E-state index contributed by atoms with van der Waals surface area (Å²) in [6.07, 6.45) is 3.83. The highest BCUT2D eigenvalue weighted by atomic mass is 32.2. The van der Waals surface area contributed by atoms with E-state index < -0.39 is 10.0 Å². The van der Waals surface area contributed by atoms with Crippen molar-refractivity contribution in [3.8, 4) is 12.1 Å². The molecule has 2 fully saturated rings. The predicted octanol–water partition coefficient (Wildman–Crippen LogP) is 3.54. The number of hydrogen-bond acceptors (Lipinski definition) is 8. The number of hydrogen-bond donors (Lipinski definition) is 1. The Balaban J connectivity index is 1.58. The Labute approximate surface area is 211 Å². The third-order valence-corrected chi connectivity index (χ3v) is 9.53. The fourth-order valence-corrected chi connectivity index (χ4v) is 7.22. The summed E-state index contributed by atoms with van der Waals surface area (Å²) >= 11 is 1.47. The van der Waals surface area contributed by atoms with Gasteiger partial charge in [0.25, 0.3) is 0 Å². The number of nitrogens with two attached hydrogens (primary N) is 1. The predicted molar refractivity (Wildman–Crippen MR) is 139 cm³/mol. The molecule has 35 heavy (non-hydrogen) atoms. The minimum absolute atomic E-state index is 0.164. The van der Waals surface area contributed by atoms with Gasteiger partial charge in [-0.2, -0.15) is 10.5 Å². The first kappa shape index (κ1) is 25.3. The van der Waals surface area contributed by atoms with Crippen LogP contribution in [0.2, 0.25) is 0 Å². The smallest absolute Gasteiger partial charge is 0.235 e. The molecule has 2 saturated heterocycles. The number of sulfonamides is 1. The van der Waals surface area contributed by atoms with Crippen LogP contribution >= 0.6 is 11.8 Å². The summed E-state index contributed by atoms with van der Waals surface area (Å²) in [4.78, 5) is 6.92. The Morgan fingerprint density at radius 1 is 1.09 bits per heavy atom. The zero-order valence-electron chi connectivity index (χ0n) is 19.9. The lowest BCUT2D eigenvalue weighted by Crippen LogP contribution is -2.40. The van der Waals surface area contributed by atoms with Gasteiger partial charge in [0.2, 0.25) is 10.0 Å². The van der Waals surface area contributed by atoms with Gasteiger partial charge < -0.3 is 10.6 Å². The summed E-state index contributed by atoms with van der Waals surface area (Å²) in [5.74, 6) is 1.41. The van der Waals surface area contributed by atoms with Crippen LogP contribution in [0.15, 0.2) is 29.3 Å². The van der Waals surface area contributed by atoms with Crippen LogP contribution in [0.3, 0.4) is 0 Å². The van der Waals surface area contributed by atoms with E-state index in [1.165, 1.54) is 16.1 Å². The molecule has 0 saturated carbocycles. The second-order valence-electron chi connectivity index (χ2n) is 8.92. The highest BCUT2D eigenvalue weighted by molar-refractivity contribution is 7.98. The van der Waals surface area contributed by atoms with Crippen LogP contribution in [0.5, 0.6) is 0 Å². The Morgan fingerprint density at radius 2 is 1.77 bits per heavy atom. The molecular weight excluding hydrogens is 480 g/mol. The molecule has 1 aromatic carbocycles. The lowest BCUT2D eigenvalue weighted by molar-refractivity contribution is 0.497. The molecular formula is C25H30N6O2S2. The maximum absolute atomic E-state index is 12.4. The average Bonchev–Trinajstić information content (AvgIpc) is 2.87. The first-order chi connectivity index (χ1) is 16.9. The number of anilines is 2. The van der Waals surface area contributed by atoms with Crippen LogP contribution in [0.4, 0.5) is 11.5 Å². The van der Waals surface area contributed by atoms with Crippen molar-refractivity contribution in [2.45, 2.75) is 55.8 Å². The van der Waals surface area contributed by atoms with Gasteiger partial charge in [-0.15, -0.1) is 11.8 Å². The van der Waals surface area contributed by atoms with Crippen molar-refractivity contribution in [1.82, 2.24) is 4.98 Å². The van der Waals surface area contributed by atoms with Crippen molar-refractivity contribution in [1.29, 1.82) is 10.5 Å². The van der Waals surface area contributed by atoms with Crippen LogP contribution < -0.4 is 14.9 Å². The van der Waals surface area contributed by atoms with Crippen LogP contribution in [-0.2, 0) is 22.2 Å². The maximum atomic E-state index is 12.4. The van der Waals surface area contributed by atoms with Gasteiger partial charge in [0.05, 0.1) is 22.6 Å². The van der Waals surface area contributed by atoms with E-state index in [4.69, 9.17) is 10.7 Å². The van der Waals surface area contributed by atoms with Crippen molar-refractivity contribution in [3.05, 3.63) is 46.5 Å². The van der Waals surface area contributed by atoms with Gasteiger partial charge >= 0.3 is 0 Å². The van der Waals surface area contributed by atoms with E-state index in [1.807, 2.05) is 31.2 Å². The van der Waals surface area contributed by atoms with E-state index >= 15 is 0 Å². The lowest BCUT2D eigenvalue weighted by Gasteiger charge is -2.32. The molecule has 4 rings (SSSR count). The van der Waals surface area contributed by atoms with Crippen molar-refractivity contribution in [2.24, 2.45) is 5.73 Å². The van der Waals surface area contributed by atoms with Gasteiger partial charge in [-0.05, 0) is 55.4 Å².